The fraction of sp³-hybridized carbons (Fsp3) is 0.550. The molecule has 2 aromatic rings. The minimum absolute atomic E-state index is 0.0758. The van der Waals surface area contributed by atoms with E-state index >= 15 is 0 Å². The van der Waals surface area contributed by atoms with Gasteiger partial charge in [-0.15, -0.1) is 10.2 Å². The zero-order chi connectivity index (χ0) is 20.3. The molecule has 0 spiro atoms. The molecule has 2 heterocycles. The average molecular weight is 407 g/mol. The number of carbonyl (C=O) groups excluding carboxylic acids is 1. The van der Waals surface area contributed by atoms with Gasteiger partial charge < -0.3 is 15.0 Å². The van der Waals surface area contributed by atoms with Crippen LogP contribution in [0.5, 0.6) is 0 Å². The summed E-state index contributed by atoms with van der Waals surface area (Å²) < 4.78 is 19.2. The first kappa shape index (κ1) is 20.5. The number of amides is 1. The number of anilines is 1. The Morgan fingerprint density at radius 1 is 1.36 bits per heavy atom. The number of benzene rings is 1. The average Bonchev–Trinajstić information content (AvgIpc) is 3.03. The molecule has 1 amide bonds. The van der Waals surface area contributed by atoms with Crippen LogP contribution < -0.4 is 10.2 Å². The highest BCUT2D eigenvalue weighted by molar-refractivity contribution is 7.15. The number of nitrogens with zero attached hydrogens (tertiary/aromatic N) is 3. The quantitative estimate of drug-likeness (QED) is 0.826. The van der Waals surface area contributed by atoms with Gasteiger partial charge in [-0.3, -0.25) is 0 Å². The van der Waals surface area contributed by atoms with E-state index in [4.69, 9.17) is 4.74 Å². The van der Waals surface area contributed by atoms with Crippen molar-refractivity contribution in [3.8, 4) is 0 Å². The number of alkyl carbamates (subject to hydrolysis) is 1. The van der Waals surface area contributed by atoms with Gasteiger partial charge in [-0.25, -0.2) is 9.18 Å². The van der Waals surface area contributed by atoms with E-state index in [1.165, 1.54) is 17.4 Å². The van der Waals surface area contributed by atoms with Gasteiger partial charge in [-0.05, 0) is 52.2 Å². The SMILES string of the molecule is CC1CC(NC(=O)OC(C)(C)C)CCN1c1nnc(Cc2ccccc2F)s1. The minimum Gasteiger partial charge on any atom is -0.444 e. The lowest BCUT2D eigenvalue weighted by Crippen LogP contribution is -2.49. The predicted octanol–water partition coefficient (Wildman–Crippen LogP) is 4.15. The van der Waals surface area contributed by atoms with E-state index in [2.05, 4.69) is 27.3 Å². The Balaban J connectivity index is 1.57. The molecule has 1 saturated heterocycles. The maximum Gasteiger partial charge on any atom is 0.407 e. The Labute approximate surface area is 169 Å². The van der Waals surface area contributed by atoms with E-state index in [-0.39, 0.29) is 24.0 Å². The van der Waals surface area contributed by atoms with Gasteiger partial charge >= 0.3 is 6.09 Å². The fourth-order valence-corrected chi connectivity index (χ4v) is 4.29. The largest absolute Gasteiger partial charge is 0.444 e. The van der Waals surface area contributed by atoms with Gasteiger partial charge in [0.25, 0.3) is 0 Å². The molecule has 3 rings (SSSR count). The van der Waals surface area contributed by atoms with Crippen molar-refractivity contribution in [1.82, 2.24) is 15.5 Å². The van der Waals surface area contributed by atoms with Crippen LogP contribution in [0.2, 0.25) is 0 Å². The van der Waals surface area contributed by atoms with Crippen molar-refractivity contribution in [3.05, 3.63) is 40.7 Å². The maximum absolute atomic E-state index is 13.9. The topological polar surface area (TPSA) is 67.3 Å². The molecule has 28 heavy (non-hydrogen) atoms. The molecule has 0 radical (unpaired) electrons. The van der Waals surface area contributed by atoms with Crippen LogP contribution >= 0.6 is 11.3 Å². The van der Waals surface area contributed by atoms with Crippen molar-refractivity contribution in [2.45, 2.75) is 64.6 Å². The van der Waals surface area contributed by atoms with Crippen LogP contribution in [0.3, 0.4) is 0 Å². The van der Waals surface area contributed by atoms with E-state index in [9.17, 15) is 9.18 Å². The summed E-state index contributed by atoms with van der Waals surface area (Å²) in [6, 6.07) is 7.02. The first-order valence-corrected chi connectivity index (χ1v) is 10.3. The maximum atomic E-state index is 13.9. The summed E-state index contributed by atoms with van der Waals surface area (Å²) in [7, 11) is 0. The Bertz CT molecular complexity index is 821. The molecule has 1 aromatic carbocycles. The van der Waals surface area contributed by atoms with Gasteiger partial charge in [-0.2, -0.15) is 0 Å². The molecular formula is C20H27FN4O2S. The first-order valence-electron chi connectivity index (χ1n) is 9.53. The monoisotopic (exact) mass is 406 g/mol. The number of hydrogen-bond acceptors (Lipinski definition) is 6. The van der Waals surface area contributed by atoms with E-state index in [0.29, 0.717) is 12.0 Å². The lowest BCUT2D eigenvalue weighted by molar-refractivity contribution is 0.0494. The normalized spacial score (nSPS) is 20.1. The fourth-order valence-electron chi connectivity index (χ4n) is 3.30. The van der Waals surface area contributed by atoms with Crippen LogP contribution in [0.15, 0.2) is 24.3 Å². The third-order valence-electron chi connectivity index (χ3n) is 4.60. The summed E-state index contributed by atoms with van der Waals surface area (Å²) in [5.41, 5.74) is 0.121. The van der Waals surface area contributed by atoms with Crippen molar-refractivity contribution in [2.75, 3.05) is 11.4 Å². The van der Waals surface area contributed by atoms with Crippen LogP contribution in [0.4, 0.5) is 14.3 Å². The van der Waals surface area contributed by atoms with Gasteiger partial charge in [0.1, 0.15) is 16.4 Å². The molecule has 152 valence electrons. The van der Waals surface area contributed by atoms with Gasteiger partial charge in [0.15, 0.2) is 0 Å². The third kappa shape index (κ3) is 5.41. The number of aromatic nitrogens is 2. The second kappa shape index (κ2) is 8.43. The van der Waals surface area contributed by atoms with Gasteiger partial charge in [0, 0.05) is 25.0 Å². The third-order valence-corrected chi connectivity index (χ3v) is 5.56. The highest BCUT2D eigenvalue weighted by Crippen LogP contribution is 2.29. The number of halogens is 1. The summed E-state index contributed by atoms with van der Waals surface area (Å²) in [6.45, 7) is 8.45. The van der Waals surface area contributed by atoms with Crippen LogP contribution in [-0.2, 0) is 11.2 Å². The van der Waals surface area contributed by atoms with Crippen molar-refractivity contribution in [2.24, 2.45) is 0 Å². The van der Waals surface area contributed by atoms with Gasteiger partial charge in [-0.1, -0.05) is 29.5 Å². The zero-order valence-corrected chi connectivity index (χ0v) is 17.6. The molecule has 1 aromatic heterocycles. The Hall–Kier alpha value is -2.22. The molecule has 2 atom stereocenters. The van der Waals surface area contributed by atoms with Gasteiger partial charge in [0.05, 0.1) is 0 Å². The van der Waals surface area contributed by atoms with Crippen molar-refractivity contribution >= 4 is 22.6 Å². The van der Waals surface area contributed by atoms with E-state index in [0.717, 1.165) is 29.5 Å². The number of ether oxygens (including phenoxy) is 1. The van der Waals surface area contributed by atoms with Crippen LogP contribution in [0, 0.1) is 5.82 Å². The molecule has 0 saturated carbocycles. The van der Waals surface area contributed by atoms with E-state index < -0.39 is 5.60 Å². The van der Waals surface area contributed by atoms with Gasteiger partial charge in [0.2, 0.25) is 5.13 Å². The number of carbonyl (C=O) groups is 1. The highest BCUT2D eigenvalue weighted by Gasteiger charge is 2.29. The Morgan fingerprint density at radius 2 is 2.11 bits per heavy atom. The lowest BCUT2D eigenvalue weighted by Gasteiger charge is -2.37. The molecule has 1 N–H and O–H groups in total. The van der Waals surface area contributed by atoms with E-state index in [1.54, 1.807) is 12.1 Å². The van der Waals surface area contributed by atoms with E-state index in [1.807, 2.05) is 26.8 Å². The summed E-state index contributed by atoms with van der Waals surface area (Å²) >= 11 is 1.49. The molecule has 1 aliphatic rings. The molecular weight excluding hydrogens is 379 g/mol. The van der Waals surface area contributed by atoms with Crippen molar-refractivity contribution in [1.29, 1.82) is 0 Å². The second-order valence-corrected chi connectivity index (χ2v) is 9.20. The minimum atomic E-state index is -0.502. The lowest BCUT2D eigenvalue weighted by atomic mass is 9.99. The molecule has 0 bridgehead atoms. The summed E-state index contributed by atoms with van der Waals surface area (Å²) in [4.78, 5) is 14.2. The molecule has 8 heteroatoms. The van der Waals surface area contributed by atoms with Crippen molar-refractivity contribution in [3.63, 3.8) is 0 Å². The predicted molar refractivity (Wildman–Crippen MR) is 108 cm³/mol. The molecule has 2 unspecified atom stereocenters. The molecule has 1 fully saturated rings. The number of hydrogen-bond donors (Lipinski definition) is 1. The van der Waals surface area contributed by atoms with Crippen LogP contribution in [-0.4, -0.2) is 40.5 Å². The zero-order valence-electron chi connectivity index (χ0n) is 16.7. The summed E-state index contributed by atoms with van der Waals surface area (Å²) in [5.74, 6) is -0.221. The van der Waals surface area contributed by atoms with Crippen LogP contribution in [0.1, 0.15) is 51.1 Å². The summed E-state index contributed by atoms with van der Waals surface area (Å²) in [6.07, 6.45) is 1.68. The second-order valence-electron chi connectivity index (χ2n) is 8.16. The van der Waals surface area contributed by atoms with Crippen LogP contribution in [0.25, 0.3) is 0 Å². The summed E-state index contributed by atoms with van der Waals surface area (Å²) in [5, 5.41) is 13.1. The Morgan fingerprint density at radius 3 is 2.79 bits per heavy atom. The smallest absolute Gasteiger partial charge is 0.407 e. The molecule has 0 aliphatic carbocycles. The number of nitrogens with one attached hydrogen (secondary N) is 1. The first-order chi connectivity index (χ1) is 13.2. The molecule has 1 aliphatic heterocycles. The molecule has 6 nitrogen and oxygen atoms in total. The number of piperidine rings is 1. The Kier molecular flexibility index (Phi) is 6.17. The van der Waals surface area contributed by atoms with Crippen molar-refractivity contribution < 1.29 is 13.9 Å². The standard InChI is InChI=1S/C20H27FN4O2S/c1-13-11-15(22-19(26)27-20(2,3)4)9-10-25(13)18-24-23-17(28-18)12-14-7-5-6-8-16(14)21/h5-8,13,15H,9-12H2,1-4H3,(H,22,26). The number of rotatable bonds is 4. The highest BCUT2D eigenvalue weighted by atomic mass is 32.1.